The number of carbonyl (C=O) groups excluding carboxylic acids is 1. The quantitative estimate of drug-likeness (QED) is 0.0877. The molecular weight excluding hydrogens is 589 g/mol. The van der Waals surface area contributed by atoms with Crippen LogP contribution in [0.15, 0.2) is 58.4 Å². The van der Waals surface area contributed by atoms with Crippen LogP contribution in [0.3, 0.4) is 0 Å². The third-order valence-corrected chi connectivity index (χ3v) is 6.23. The number of nitrogens with one attached hydrogen (secondary N) is 4. The zero-order chi connectivity index (χ0) is 34.3. The summed E-state index contributed by atoms with van der Waals surface area (Å²) in [6.07, 6.45) is 3.02. The number of para-hydroxylation sites is 2. The van der Waals surface area contributed by atoms with Crippen molar-refractivity contribution in [2.24, 2.45) is 22.2 Å². The molecule has 13 heteroatoms. The number of aromatic nitrogens is 2. The molecule has 3 aromatic rings. The first-order chi connectivity index (χ1) is 21.6. The van der Waals surface area contributed by atoms with E-state index in [1.165, 1.54) is 12.3 Å². The molecule has 0 aliphatic heterocycles. The van der Waals surface area contributed by atoms with Crippen LogP contribution in [0.25, 0.3) is 11.1 Å². The van der Waals surface area contributed by atoms with Gasteiger partial charge in [0.15, 0.2) is 5.96 Å². The van der Waals surface area contributed by atoms with Gasteiger partial charge in [0.1, 0.15) is 17.4 Å². The lowest BCUT2D eigenvalue weighted by molar-refractivity contribution is 0.243. The fourth-order valence-corrected chi connectivity index (χ4v) is 3.93. The molecule has 0 radical (unpaired) electrons. The molecule has 0 atom stereocenters. The van der Waals surface area contributed by atoms with Crippen LogP contribution in [0.1, 0.15) is 65.8 Å². The van der Waals surface area contributed by atoms with Crippen LogP contribution in [0.5, 0.6) is 5.75 Å². The van der Waals surface area contributed by atoms with E-state index in [9.17, 15) is 14.0 Å². The van der Waals surface area contributed by atoms with Crippen LogP contribution in [0, 0.1) is 5.82 Å². The molecule has 2 amide bonds. The maximum Gasteiger partial charge on any atom is 0.319 e. The number of rotatable bonds is 12. The summed E-state index contributed by atoms with van der Waals surface area (Å²) in [5.74, 6) is 0.943. The Morgan fingerprint density at radius 3 is 2.39 bits per heavy atom. The van der Waals surface area contributed by atoms with E-state index in [2.05, 4.69) is 30.9 Å². The molecule has 0 bridgehead atoms. The number of anilines is 1. The van der Waals surface area contributed by atoms with Crippen LogP contribution < -0.4 is 43.4 Å². The predicted molar refractivity (Wildman–Crippen MR) is 183 cm³/mol. The van der Waals surface area contributed by atoms with Crippen molar-refractivity contribution >= 4 is 17.7 Å². The highest BCUT2D eigenvalue weighted by atomic mass is 19.1. The molecule has 0 saturated carbocycles. The van der Waals surface area contributed by atoms with E-state index >= 15 is 0 Å². The Hall–Kier alpha value is -4.49. The van der Waals surface area contributed by atoms with E-state index < -0.39 is 0 Å². The first-order valence-corrected chi connectivity index (χ1v) is 15.3. The van der Waals surface area contributed by atoms with Crippen molar-refractivity contribution in [3.05, 3.63) is 76.2 Å². The summed E-state index contributed by atoms with van der Waals surface area (Å²) in [4.78, 5) is 35.1. The molecule has 0 unspecified atom stereocenters. The zero-order valence-corrected chi connectivity index (χ0v) is 27.8. The molecule has 46 heavy (non-hydrogen) atoms. The molecule has 0 aliphatic rings. The number of nitrogens with two attached hydrogens (primary N) is 3. The minimum Gasteiger partial charge on any atom is -0.491 e. The van der Waals surface area contributed by atoms with Crippen molar-refractivity contribution in [1.29, 1.82) is 0 Å². The molecule has 0 saturated heterocycles. The number of halogens is 1. The Bertz CT molecular complexity index is 1490. The predicted octanol–water partition coefficient (Wildman–Crippen LogP) is 3.96. The number of nitrogens with zero attached hydrogens (tertiary/aromatic N) is 2. The van der Waals surface area contributed by atoms with E-state index in [1.54, 1.807) is 18.2 Å². The average molecular weight is 640 g/mol. The number of benzene rings is 2. The highest BCUT2D eigenvalue weighted by Crippen LogP contribution is 2.24. The molecule has 2 aromatic carbocycles. The Morgan fingerprint density at radius 1 is 1.07 bits per heavy atom. The number of ether oxygens (including phenoxy) is 1. The summed E-state index contributed by atoms with van der Waals surface area (Å²) in [5, 5.41) is 8.76. The number of aromatic amines is 1. The highest BCUT2D eigenvalue weighted by Gasteiger charge is 2.18. The largest absolute Gasteiger partial charge is 0.491 e. The van der Waals surface area contributed by atoms with Gasteiger partial charge in [0.2, 0.25) is 0 Å². The number of urea groups is 1. The van der Waals surface area contributed by atoms with Crippen LogP contribution in [0.2, 0.25) is 0 Å². The van der Waals surface area contributed by atoms with Crippen LogP contribution in [-0.4, -0.2) is 53.7 Å². The van der Waals surface area contributed by atoms with Gasteiger partial charge in [0.05, 0.1) is 17.9 Å². The second-order valence-corrected chi connectivity index (χ2v) is 12.7. The van der Waals surface area contributed by atoms with E-state index in [0.717, 1.165) is 12.8 Å². The lowest BCUT2D eigenvalue weighted by Crippen LogP contribution is -2.43. The number of hydrogen-bond acceptors (Lipinski definition) is 7. The van der Waals surface area contributed by atoms with Crippen molar-refractivity contribution in [1.82, 2.24) is 20.6 Å². The number of amides is 2. The smallest absolute Gasteiger partial charge is 0.319 e. The Morgan fingerprint density at radius 2 is 1.78 bits per heavy atom. The van der Waals surface area contributed by atoms with Gasteiger partial charge in [-0.2, -0.15) is 0 Å². The number of aliphatic imine (C=N–C) groups is 1. The normalized spacial score (nSPS) is 11.2. The molecule has 12 nitrogen and oxygen atoms in total. The fraction of sp³-hybridized carbons (Fsp3) is 0.455. The van der Waals surface area contributed by atoms with Crippen molar-refractivity contribution < 1.29 is 13.9 Å². The van der Waals surface area contributed by atoms with Gasteiger partial charge in [-0.3, -0.25) is 9.79 Å². The Labute approximate surface area is 270 Å². The number of H-pyrrole nitrogens is 1. The number of hydrogen-bond donors (Lipinski definition) is 7. The van der Waals surface area contributed by atoms with E-state index in [4.69, 9.17) is 21.9 Å². The van der Waals surface area contributed by atoms with Crippen LogP contribution >= 0.6 is 0 Å². The summed E-state index contributed by atoms with van der Waals surface area (Å²) >= 11 is 0. The molecule has 252 valence electrons. The van der Waals surface area contributed by atoms with E-state index in [1.807, 2.05) is 59.7 Å². The Balaban J connectivity index is 0.000000341. The molecule has 0 aliphatic carbocycles. The fourth-order valence-electron chi connectivity index (χ4n) is 3.93. The van der Waals surface area contributed by atoms with Gasteiger partial charge in [-0.25, -0.2) is 14.2 Å². The van der Waals surface area contributed by atoms with E-state index in [-0.39, 0.29) is 34.3 Å². The maximum absolute atomic E-state index is 14.4. The van der Waals surface area contributed by atoms with Gasteiger partial charge in [-0.15, -0.1) is 0 Å². The zero-order valence-electron chi connectivity index (χ0n) is 27.8. The molecule has 0 spiro atoms. The third kappa shape index (κ3) is 13.7. The van der Waals surface area contributed by atoms with Gasteiger partial charge in [-0.1, -0.05) is 45.0 Å². The van der Waals surface area contributed by atoms with Crippen molar-refractivity contribution in [3.63, 3.8) is 0 Å². The van der Waals surface area contributed by atoms with Crippen molar-refractivity contribution in [2.45, 2.75) is 71.9 Å². The van der Waals surface area contributed by atoms with Gasteiger partial charge < -0.3 is 42.9 Å². The molecule has 1 aromatic heterocycles. The lowest BCUT2D eigenvalue weighted by atomic mass is 9.95. The standard InChI is InChI=1S/C19H27FN6O.C14H23N3O2/c1-19(2,3)17-25-11-14(16(27)26-17)12-5-6-13(15(20)9-12)10-23-7-4-8-24-18(21)22;1-14(2,3)17-13(18)16-11-7-4-5-8-12(11)19-10-6-9-15/h5-6,9,11,23H,4,7-8,10H2,1-3H3,(H4,21,22,24)(H,25,26,27);4-5,7-8H,6,9-10,15H2,1-3H3,(H2,16,17,18). The second-order valence-electron chi connectivity index (χ2n) is 12.7. The SMILES string of the molecule is CC(C)(C)NC(=O)Nc1ccccc1OCCCN.CC(C)(C)c1ncc(-c2ccc(CNCCCN=C(N)N)c(F)c2)c(=O)[nH]1. The molecule has 3 rings (SSSR count). The van der Waals surface area contributed by atoms with Crippen molar-refractivity contribution in [2.75, 3.05) is 31.6 Å². The monoisotopic (exact) mass is 639 g/mol. The first kappa shape index (κ1) is 37.7. The third-order valence-electron chi connectivity index (χ3n) is 6.23. The first-order valence-electron chi connectivity index (χ1n) is 15.3. The van der Waals surface area contributed by atoms with E-state index in [0.29, 0.717) is 66.7 Å². The minimum atomic E-state index is -0.372. The van der Waals surface area contributed by atoms with Crippen LogP contribution in [0.4, 0.5) is 14.9 Å². The molecule has 0 fully saturated rings. The summed E-state index contributed by atoms with van der Waals surface area (Å²) in [6.45, 7) is 14.4. The lowest BCUT2D eigenvalue weighted by Gasteiger charge is -2.21. The second kappa shape index (κ2) is 17.9. The summed E-state index contributed by atoms with van der Waals surface area (Å²) in [5.41, 5.74) is 17.1. The van der Waals surface area contributed by atoms with Gasteiger partial charge in [0, 0.05) is 35.8 Å². The van der Waals surface area contributed by atoms with Gasteiger partial charge in [-0.05, 0) is 70.5 Å². The van der Waals surface area contributed by atoms with Crippen LogP contribution in [-0.2, 0) is 12.0 Å². The summed E-state index contributed by atoms with van der Waals surface area (Å²) < 4.78 is 20.0. The summed E-state index contributed by atoms with van der Waals surface area (Å²) in [6, 6.07) is 11.9. The summed E-state index contributed by atoms with van der Waals surface area (Å²) in [7, 11) is 0. The minimum absolute atomic E-state index is 0.0663. The number of carbonyl (C=O) groups is 1. The average Bonchev–Trinajstić information content (AvgIpc) is 2.95. The molecular formula is C33H50FN9O3. The number of guanidine groups is 1. The topological polar surface area (TPSA) is 199 Å². The van der Waals surface area contributed by atoms with Gasteiger partial charge >= 0.3 is 6.03 Å². The van der Waals surface area contributed by atoms with Crippen molar-refractivity contribution in [3.8, 4) is 16.9 Å². The molecule has 1 heterocycles. The Kier molecular flexibility index (Phi) is 14.6. The van der Waals surface area contributed by atoms with Gasteiger partial charge in [0.25, 0.3) is 5.56 Å². The molecule has 10 N–H and O–H groups in total. The highest BCUT2D eigenvalue weighted by molar-refractivity contribution is 5.91. The maximum atomic E-state index is 14.4.